The van der Waals surface area contributed by atoms with Crippen molar-refractivity contribution in [2.45, 2.75) is 72.6 Å². The molecular weight excluding hydrogens is 596 g/mol. The Hall–Kier alpha value is -5.12. The number of carbonyl (C=O) groups is 4. The van der Waals surface area contributed by atoms with Crippen LogP contribution in [0.5, 0.6) is 0 Å². The van der Waals surface area contributed by atoms with Gasteiger partial charge in [-0.05, 0) is 120 Å². The van der Waals surface area contributed by atoms with E-state index in [1.54, 1.807) is 62.9 Å². The van der Waals surface area contributed by atoms with Gasteiger partial charge < -0.3 is 30.3 Å². The third kappa shape index (κ3) is 10.5. The van der Waals surface area contributed by atoms with Gasteiger partial charge in [-0.25, -0.2) is 9.59 Å². The SMILES string of the molecule is Cc1cc(C(=O)Nc2ccc(CNC(=O)OC(C)(C)C)cc2)ccc1C(=O)Nc1ccc(C2=CCN(C(=O)OC(C)(C)C)CC2)cc1. The van der Waals surface area contributed by atoms with E-state index < -0.39 is 17.3 Å². The Bertz CT molecular complexity index is 1650. The Labute approximate surface area is 276 Å². The molecule has 3 aromatic rings. The van der Waals surface area contributed by atoms with E-state index in [0.717, 1.165) is 16.7 Å². The molecular formula is C37H44N4O6. The lowest BCUT2D eigenvalue weighted by Crippen LogP contribution is -2.39. The highest BCUT2D eigenvalue weighted by Gasteiger charge is 2.24. The van der Waals surface area contributed by atoms with Gasteiger partial charge >= 0.3 is 12.2 Å². The molecule has 4 rings (SSSR count). The van der Waals surface area contributed by atoms with E-state index in [2.05, 4.69) is 16.0 Å². The summed E-state index contributed by atoms with van der Waals surface area (Å²) in [7, 11) is 0. The monoisotopic (exact) mass is 640 g/mol. The van der Waals surface area contributed by atoms with E-state index in [4.69, 9.17) is 9.47 Å². The summed E-state index contributed by atoms with van der Waals surface area (Å²) in [5.74, 6) is -0.579. The number of benzene rings is 3. The summed E-state index contributed by atoms with van der Waals surface area (Å²) in [4.78, 5) is 51.9. The van der Waals surface area contributed by atoms with E-state index in [-0.39, 0.29) is 17.9 Å². The second-order valence-electron chi connectivity index (χ2n) is 13.5. The van der Waals surface area contributed by atoms with Gasteiger partial charge in [-0.3, -0.25) is 9.59 Å². The molecule has 3 aromatic carbocycles. The first-order chi connectivity index (χ1) is 22.1. The van der Waals surface area contributed by atoms with E-state index in [1.165, 1.54) is 0 Å². The predicted octanol–water partition coefficient (Wildman–Crippen LogP) is 7.55. The number of aryl methyl sites for hydroxylation is 1. The minimum absolute atomic E-state index is 0.275. The highest BCUT2D eigenvalue weighted by Crippen LogP contribution is 2.25. The van der Waals surface area contributed by atoms with Gasteiger partial charge in [0.05, 0.1) is 0 Å². The largest absolute Gasteiger partial charge is 0.444 e. The summed E-state index contributed by atoms with van der Waals surface area (Å²) in [6.45, 7) is 14.1. The molecule has 0 saturated heterocycles. The van der Waals surface area contributed by atoms with Crippen LogP contribution in [0.4, 0.5) is 21.0 Å². The lowest BCUT2D eigenvalue weighted by Gasteiger charge is -2.29. The van der Waals surface area contributed by atoms with Crippen LogP contribution in [-0.4, -0.2) is 53.2 Å². The maximum Gasteiger partial charge on any atom is 0.410 e. The molecule has 47 heavy (non-hydrogen) atoms. The van der Waals surface area contributed by atoms with Gasteiger partial charge in [0.25, 0.3) is 11.8 Å². The Morgan fingerprint density at radius 3 is 1.91 bits per heavy atom. The number of rotatable bonds is 7. The van der Waals surface area contributed by atoms with Gasteiger partial charge in [0.1, 0.15) is 11.2 Å². The summed E-state index contributed by atoms with van der Waals surface area (Å²) in [6, 6.07) is 19.7. The van der Waals surface area contributed by atoms with Crippen LogP contribution in [0.3, 0.4) is 0 Å². The first kappa shape index (κ1) is 34.7. The number of alkyl carbamates (subject to hydrolysis) is 1. The van der Waals surface area contributed by atoms with E-state index in [1.807, 2.05) is 63.2 Å². The topological polar surface area (TPSA) is 126 Å². The lowest BCUT2D eigenvalue weighted by atomic mass is 9.99. The van der Waals surface area contributed by atoms with Crippen LogP contribution in [-0.2, 0) is 16.0 Å². The molecule has 0 aliphatic carbocycles. The van der Waals surface area contributed by atoms with Crippen LogP contribution in [0.1, 0.15) is 85.4 Å². The number of amides is 4. The molecule has 1 aliphatic heterocycles. The van der Waals surface area contributed by atoms with Crippen molar-refractivity contribution in [1.29, 1.82) is 0 Å². The van der Waals surface area contributed by atoms with Crippen LogP contribution < -0.4 is 16.0 Å². The highest BCUT2D eigenvalue weighted by molar-refractivity contribution is 6.08. The first-order valence-electron chi connectivity index (χ1n) is 15.6. The van der Waals surface area contributed by atoms with E-state index in [9.17, 15) is 19.2 Å². The van der Waals surface area contributed by atoms with Crippen LogP contribution in [0.2, 0.25) is 0 Å². The molecule has 0 unspecified atom stereocenters. The third-order valence-corrected chi connectivity index (χ3v) is 7.16. The van der Waals surface area contributed by atoms with Gasteiger partial charge in [-0.2, -0.15) is 0 Å². The molecule has 0 radical (unpaired) electrons. The van der Waals surface area contributed by atoms with Gasteiger partial charge in [-0.15, -0.1) is 0 Å². The zero-order valence-corrected chi connectivity index (χ0v) is 28.2. The van der Waals surface area contributed by atoms with Crippen molar-refractivity contribution in [3.05, 3.63) is 101 Å². The average molecular weight is 641 g/mol. The number of hydrogen-bond acceptors (Lipinski definition) is 6. The second-order valence-corrected chi connectivity index (χ2v) is 13.5. The zero-order chi connectivity index (χ0) is 34.4. The molecule has 10 nitrogen and oxygen atoms in total. The second kappa shape index (κ2) is 14.5. The number of anilines is 2. The number of nitrogens with zero attached hydrogens (tertiary/aromatic N) is 1. The molecule has 4 amide bonds. The Morgan fingerprint density at radius 2 is 1.36 bits per heavy atom. The van der Waals surface area contributed by atoms with Crippen LogP contribution in [0, 0.1) is 6.92 Å². The average Bonchev–Trinajstić information content (AvgIpc) is 2.99. The van der Waals surface area contributed by atoms with Crippen molar-refractivity contribution in [3.63, 3.8) is 0 Å². The maximum absolute atomic E-state index is 13.1. The summed E-state index contributed by atoms with van der Waals surface area (Å²) in [5, 5.41) is 8.50. The van der Waals surface area contributed by atoms with Crippen molar-refractivity contribution < 1.29 is 28.7 Å². The molecule has 3 N–H and O–H groups in total. The fourth-order valence-corrected chi connectivity index (χ4v) is 4.85. The molecule has 0 bridgehead atoms. The number of ether oxygens (including phenoxy) is 2. The lowest BCUT2D eigenvalue weighted by molar-refractivity contribution is 0.0270. The smallest absolute Gasteiger partial charge is 0.410 e. The predicted molar refractivity (Wildman–Crippen MR) is 183 cm³/mol. The maximum atomic E-state index is 13.1. The third-order valence-electron chi connectivity index (χ3n) is 7.16. The molecule has 0 aromatic heterocycles. The van der Waals surface area contributed by atoms with Gasteiger partial charge in [-0.1, -0.05) is 30.3 Å². The molecule has 0 saturated carbocycles. The normalized spacial score (nSPS) is 13.3. The van der Waals surface area contributed by atoms with Crippen molar-refractivity contribution in [2.24, 2.45) is 0 Å². The first-order valence-corrected chi connectivity index (χ1v) is 15.6. The quantitative estimate of drug-likeness (QED) is 0.245. The van der Waals surface area contributed by atoms with E-state index >= 15 is 0 Å². The zero-order valence-electron chi connectivity index (χ0n) is 28.2. The van der Waals surface area contributed by atoms with Gasteiger partial charge in [0.2, 0.25) is 0 Å². The highest BCUT2D eigenvalue weighted by atomic mass is 16.6. The molecule has 1 aliphatic rings. The van der Waals surface area contributed by atoms with Gasteiger partial charge in [0, 0.05) is 42.1 Å². The van der Waals surface area contributed by atoms with E-state index in [0.29, 0.717) is 54.1 Å². The Balaban J connectivity index is 1.29. The summed E-state index contributed by atoms with van der Waals surface area (Å²) < 4.78 is 10.7. The van der Waals surface area contributed by atoms with Crippen molar-refractivity contribution in [2.75, 3.05) is 23.7 Å². The van der Waals surface area contributed by atoms with Gasteiger partial charge in [0.15, 0.2) is 0 Å². The number of nitrogens with one attached hydrogen (secondary N) is 3. The minimum Gasteiger partial charge on any atom is -0.444 e. The summed E-state index contributed by atoms with van der Waals surface area (Å²) in [5.41, 5.74) is 4.72. The summed E-state index contributed by atoms with van der Waals surface area (Å²) >= 11 is 0. The fraction of sp³-hybridized carbons (Fsp3) is 0.351. The van der Waals surface area contributed by atoms with Crippen LogP contribution in [0.15, 0.2) is 72.8 Å². The molecule has 10 heteroatoms. The molecule has 0 fully saturated rings. The Morgan fingerprint density at radius 1 is 0.766 bits per heavy atom. The van der Waals surface area contributed by atoms with Crippen molar-refractivity contribution >= 4 is 40.9 Å². The van der Waals surface area contributed by atoms with Crippen molar-refractivity contribution in [3.8, 4) is 0 Å². The number of carbonyl (C=O) groups excluding carboxylic acids is 4. The standard InChI is InChI=1S/C37H44N4O6/c1-24-22-28(32(42)39-29-13-8-25(9-14-29)23-38-34(44)46-36(2,3)4)12-17-31(24)33(43)40-30-15-10-26(11-16-30)27-18-20-41(21-19-27)35(45)47-37(5,6)7/h8-18,22H,19-21,23H2,1-7H3,(H,38,44)(H,39,42)(H,40,43). The van der Waals surface area contributed by atoms with Crippen LogP contribution in [0.25, 0.3) is 5.57 Å². The number of hydrogen-bond donors (Lipinski definition) is 3. The minimum atomic E-state index is -0.573. The Kier molecular flexibility index (Phi) is 10.7. The van der Waals surface area contributed by atoms with Crippen LogP contribution >= 0.6 is 0 Å². The molecule has 0 spiro atoms. The molecule has 1 heterocycles. The molecule has 0 atom stereocenters. The molecule has 248 valence electrons. The summed E-state index contributed by atoms with van der Waals surface area (Å²) in [6.07, 6.45) is 1.93. The van der Waals surface area contributed by atoms with Crippen molar-refractivity contribution in [1.82, 2.24) is 10.2 Å². The fourth-order valence-electron chi connectivity index (χ4n) is 4.85.